The minimum Gasteiger partial charge on any atom is -0.445 e. The van der Waals surface area contributed by atoms with Crippen molar-refractivity contribution >= 4 is 17.7 Å². The zero-order chi connectivity index (χ0) is 14.8. The minimum atomic E-state index is -0.470. The summed E-state index contributed by atoms with van der Waals surface area (Å²) in [5.41, 5.74) is 6.96. The van der Waals surface area contributed by atoms with Crippen molar-refractivity contribution in [1.82, 2.24) is 5.32 Å². The van der Waals surface area contributed by atoms with Gasteiger partial charge in [0.15, 0.2) is 0 Å². The molecule has 2 amide bonds. The lowest BCUT2D eigenvalue weighted by atomic mass is 10.2. The summed E-state index contributed by atoms with van der Waals surface area (Å²) in [6, 6.07) is 7.17. The number of nitrogens with one attached hydrogen (secondary N) is 2. The Morgan fingerprint density at radius 1 is 1.20 bits per heavy atom. The Balaban J connectivity index is 2.38. The standard InChI is InChI=1S/C14H21N3O3/c1-16-14(19)20-10-11-5-7-12(8-6-11)17-13(18)4-2-3-9-15/h5-8H,2-4,9-10,15H2,1H3,(H,16,19)(H,17,18). The molecule has 20 heavy (non-hydrogen) atoms. The molecule has 0 saturated carbocycles. The van der Waals surface area contributed by atoms with E-state index < -0.39 is 6.09 Å². The lowest BCUT2D eigenvalue weighted by molar-refractivity contribution is -0.116. The molecule has 0 unspecified atom stereocenters. The minimum absolute atomic E-state index is 0.0205. The van der Waals surface area contributed by atoms with Crippen LogP contribution in [0.4, 0.5) is 10.5 Å². The van der Waals surface area contributed by atoms with Gasteiger partial charge in [-0.25, -0.2) is 4.79 Å². The Morgan fingerprint density at radius 2 is 1.90 bits per heavy atom. The highest BCUT2D eigenvalue weighted by molar-refractivity contribution is 5.90. The first-order valence-corrected chi connectivity index (χ1v) is 6.59. The number of hydrogen-bond acceptors (Lipinski definition) is 4. The Labute approximate surface area is 118 Å². The molecule has 1 rings (SSSR count). The summed E-state index contributed by atoms with van der Waals surface area (Å²) in [6.07, 6.45) is 1.64. The van der Waals surface area contributed by atoms with E-state index in [9.17, 15) is 9.59 Å². The summed E-state index contributed by atoms with van der Waals surface area (Å²) in [5.74, 6) is -0.0205. The highest BCUT2D eigenvalue weighted by atomic mass is 16.5. The number of hydrogen-bond donors (Lipinski definition) is 3. The van der Waals surface area contributed by atoms with Crippen LogP contribution in [0.25, 0.3) is 0 Å². The lowest BCUT2D eigenvalue weighted by Crippen LogP contribution is -2.18. The average molecular weight is 279 g/mol. The summed E-state index contributed by atoms with van der Waals surface area (Å²) in [7, 11) is 1.51. The van der Waals surface area contributed by atoms with E-state index in [-0.39, 0.29) is 12.5 Å². The Bertz CT molecular complexity index is 432. The van der Waals surface area contributed by atoms with Gasteiger partial charge in [0.2, 0.25) is 5.91 Å². The van der Waals surface area contributed by atoms with Crippen LogP contribution in [-0.4, -0.2) is 25.6 Å². The summed E-state index contributed by atoms with van der Waals surface area (Å²) in [5, 5.41) is 5.17. The fourth-order valence-corrected chi connectivity index (χ4v) is 1.56. The largest absolute Gasteiger partial charge is 0.445 e. The molecule has 4 N–H and O–H groups in total. The van der Waals surface area contributed by atoms with Gasteiger partial charge in [0.25, 0.3) is 0 Å². The highest BCUT2D eigenvalue weighted by Crippen LogP contribution is 2.11. The fourth-order valence-electron chi connectivity index (χ4n) is 1.56. The summed E-state index contributed by atoms with van der Waals surface area (Å²) in [6.45, 7) is 0.803. The molecule has 1 aromatic carbocycles. The molecule has 0 heterocycles. The lowest BCUT2D eigenvalue weighted by Gasteiger charge is -2.07. The zero-order valence-corrected chi connectivity index (χ0v) is 11.6. The third kappa shape index (κ3) is 6.19. The van der Waals surface area contributed by atoms with Crippen LogP contribution in [0.2, 0.25) is 0 Å². The smallest absolute Gasteiger partial charge is 0.407 e. The number of alkyl carbamates (subject to hydrolysis) is 1. The van der Waals surface area contributed by atoms with Gasteiger partial charge < -0.3 is 21.1 Å². The van der Waals surface area contributed by atoms with Gasteiger partial charge in [0, 0.05) is 19.2 Å². The van der Waals surface area contributed by atoms with Crippen molar-refractivity contribution in [2.45, 2.75) is 25.9 Å². The van der Waals surface area contributed by atoms with Crippen LogP contribution in [-0.2, 0) is 16.1 Å². The van der Waals surface area contributed by atoms with Crippen molar-refractivity contribution < 1.29 is 14.3 Å². The number of carbonyl (C=O) groups is 2. The van der Waals surface area contributed by atoms with Crippen LogP contribution < -0.4 is 16.4 Å². The Morgan fingerprint density at radius 3 is 2.50 bits per heavy atom. The van der Waals surface area contributed by atoms with Gasteiger partial charge in [-0.05, 0) is 37.1 Å². The first kappa shape index (κ1) is 16.0. The van der Waals surface area contributed by atoms with Gasteiger partial charge in [-0.2, -0.15) is 0 Å². The number of amides is 2. The van der Waals surface area contributed by atoms with Crippen LogP contribution in [0.1, 0.15) is 24.8 Å². The molecule has 0 aliphatic rings. The normalized spacial score (nSPS) is 9.90. The number of benzene rings is 1. The molecule has 0 fully saturated rings. The number of unbranched alkanes of at least 4 members (excludes halogenated alkanes) is 1. The van der Waals surface area contributed by atoms with Crippen molar-refractivity contribution in [3.8, 4) is 0 Å². The molecule has 0 atom stereocenters. The molecule has 0 aliphatic carbocycles. The molecule has 0 bridgehead atoms. The SMILES string of the molecule is CNC(=O)OCc1ccc(NC(=O)CCCCN)cc1. The van der Waals surface area contributed by atoms with Gasteiger partial charge in [-0.15, -0.1) is 0 Å². The highest BCUT2D eigenvalue weighted by Gasteiger charge is 2.03. The topological polar surface area (TPSA) is 93.5 Å². The molecule has 0 aliphatic heterocycles. The third-order valence-electron chi connectivity index (χ3n) is 2.67. The van der Waals surface area contributed by atoms with Gasteiger partial charge in [0.05, 0.1) is 0 Å². The van der Waals surface area contributed by atoms with E-state index in [0.29, 0.717) is 13.0 Å². The maximum atomic E-state index is 11.6. The van der Waals surface area contributed by atoms with Crippen LogP contribution in [0, 0.1) is 0 Å². The van der Waals surface area contributed by atoms with Gasteiger partial charge in [-0.3, -0.25) is 4.79 Å². The molecule has 6 heteroatoms. The maximum Gasteiger partial charge on any atom is 0.407 e. The zero-order valence-electron chi connectivity index (χ0n) is 11.6. The van der Waals surface area contributed by atoms with Gasteiger partial charge >= 0.3 is 6.09 Å². The predicted molar refractivity (Wildman–Crippen MR) is 77.2 cm³/mol. The van der Waals surface area contributed by atoms with E-state index >= 15 is 0 Å². The molecule has 110 valence electrons. The van der Waals surface area contributed by atoms with E-state index in [0.717, 1.165) is 24.1 Å². The molecular formula is C14H21N3O3. The molecule has 0 saturated heterocycles. The first-order valence-electron chi connectivity index (χ1n) is 6.59. The summed E-state index contributed by atoms with van der Waals surface area (Å²) >= 11 is 0. The number of anilines is 1. The number of ether oxygens (including phenoxy) is 1. The number of nitrogens with two attached hydrogens (primary N) is 1. The second kappa shape index (κ2) is 8.92. The number of carbonyl (C=O) groups excluding carboxylic acids is 2. The van der Waals surface area contributed by atoms with E-state index in [1.54, 1.807) is 24.3 Å². The Hall–Kier alpha value is -2.08. The van der Waals surface area contributed by atoms with E-state index in [2.05, 4.69) is 10.6 Å². The fraction of sp³-hybridized carbons (Fsp3) is 0.429. The molecule has 0 spiro atoms. The number of rotatable bonds is 7. The average Bonchev–Trinajstić information content (AvgIpc) is 2.46. The Kier molecular flexibility index (Phi) is 7.13. The van der Waals surface area contributed by atoms with Crippen molar-refractivity contribution in [1.29, 1.82) is 0 Å². The molecule has 0 aromatic heterocycles. The van der Waals surface area contributed by atoms with Crippen LogP contribution >= 0.6 is 0 Å². The van der Waals surface area contributed by atoms with Crippen LogP contribution in [0.15, 0.2) is 24.3 Å². The van der Waals surface area contributed by atoms with E-state index in [1.165, 1.54) is 7.05 Å². The predicted octanol–water partition coefficient (Wildman–Crippen LogP) is 1.61. The third-order valence-corrected chi connectivity index (χ3v) is 2.67. The van der Waals surface area contributed by atoms with Crippen LogP contribution in [0.3, 0.4) is 0 Å². The molecule has 1 aromatic rings. The van der Waals surface area contributed by atoms with E-state index in [4.69, 9.17) is 10.5 Å². The van der Waals surface area contributed by atoms with Crippen molar-refractivity contribution in [2.75, 3.05) is 18.9 Å². The molecule has 0 radical (unpaired) electrons. The van der Waals surface area contributed by atoms with Crippen LogP contribution in [0.5, 0.6) is 0 Å². The van der Waals surface area contributed by atoms with Crippen molar-refractivity contribution in [2.24, 2.45) is 5.73 Å². The van der Waals surface area contributed by atoms with Crippen molar-refractivity contribution in [3.63, 3.8) is 0 Å². The first-order chi connectivity index (χ1) is 9.65. The van der Waals surface area contributed by atoms with Crippen molar-refractivity contribution in [3.05, 3.63) is 29.8 Å². The second-order valence-corrected chi connectivity index (χ2v) is 4.32. The summed E-state index contributed by atoms with van der Waals surface area (Å²) < 4.78 is 4.91. The van der Waals surface area contributed by atoms with Gasteiger partial charge in [0.1, 0.15) is 6.61 Å². The maximum absolute atomic E-state index is 11.6. The van der Waals surface area contributed by atoms with E-state index in [1.807, 2.05) is 0 Å². The monoisotopic (exact) mass is 279 g/mol. The second-order valence-electron chi connectivity index (χ2n) is 4.32. The molecular weight excluding hydrogens is 258 g/mol. The van der Waals surface area contributed by atoms with Gasteiger partial charge in [-0.1, -0.05) is 12.1 Å². The quantitative estimate of drug-likeness (QED) is 0.661. The summed E-state index contributed by atoms with van der Waals surface area (Å²) in [4.78, 5) is 22.5. The molecule has 6 nitrogen and oxygen atoms in total.